The lowest BCUT2D eigenvalue weighted by Crippen LogP contribution is -2.23. The molecule has 176 valence electrons. The second-order valence-corrected chi connectivity index (χ2v) is 9.42. The molecule has 7 heteroatoms. The third kappa shape index (κ3) is 6.41. The van der Waals surface area contributed by atoms with Crippen LogP contribution in [-0.2, 0) is 11.3 Å². The lowest BCUT2D eigenvalue weighted by molar-refractivity contribution is -0.115. The molecule has 5 nitrogen and oxygen atoms in total. The highest BCUT2D eigenvalue weighted by Gasteiger charge is 2.13. The molecule has 0 spiro atoms. The summed E-state index contributed by atoms with van der Waals surface area (Å²) in [5, 5.41) is 9.74. The molecule has 1 aromatic heterocycles. The Morgan fingerprint density at radius 1 is 0.943 bits per heavy atom. The average Bonchev–Trinajstić information content (AvgIpc) is 3.42. The number of carbonyl (C=O) groups excluding carboxylic acids is 2. The van der Waals surface area contributed by atoms with Gasteiger partial charge in [-0.15, -0.1) is 11.8 Å². The van der Waals surface area contributed by atoms with Crippen LogP contribution in [0.4, 0.5) is 11.4 Å². The van der Waals surface area contributed by atoms with Crippen LogP contribution in [0.3, 0.4) is 0 Å². The van der Waals surface area contributed by atoms with Crippen molar-refractivity contribution in [2.75, 3.05) is 17.3 Å². The Morgan fingerprint density at radius 2 is 1.69 bits per heavy atom. The van der Waals surface area contributed by atoms with Crippen LogP contribution in [-0.4, -0.2) is 18.1 Å². The molecule has 0 saturated carbocycles. The van der Waals surface area contributed by atoms with Gasteiger partial charge >= 0.3 is 0 Å². The van der Waals surface area contributed by atoms with E-state index in [0.717, 1.165) is 16.7 Å². The number of carbonyl (C=O) groups is 2. The molecule has 35 heavy (non-hydrogen) atoms. The van der Waals surface area contributed by atoms with Gasteiger partial charge in [-0.05, 0) is 82.2 Å². The van der Waals surface area contributed by atoms with E-state index in [1.165, 1.54) is 4.90 Å². The van der Waals surface area contributed by atoms with Crippen LogP contribution < -0.4 is 16.4 Å². The fourth-order valence-corrected chi connectivity index (χ4v) is 4.49. The molecular weight excluding hydrogens is 474 g/mol. The van der Waals surface area contributed by atoms with Crippen molar-refractivity contribution in [3.8, 4) is 0 Å². The first kappa shape index (κ1) is 24.3. The minimum absolute atomic E-state index is 0.154. The number of para-hydroxylation sites is 2. The van der Waals surface area contributed by atoms with Crippen molar-refractivity contribution in [2.45, 2.75) is 11.4 Å². The summed E-state index contributed by atoms with van der Waals surface area (Å²) in [5.74, 6) is -0.396. The summed E-state index contributed by atoms with van der Waals surface area (Å²) >= 11 is 3.23. The Hall–Kier alpha value is -3.81. The van der Waals surface area contributed by atoms with Crippen molar-refractivity contribution in [1.82, 2.24) is 5.32 Å². The number of nitrogen functional groups attached to an aromatic ring is 1. The molecule has 0 atom stereocenters. The van der Waals surface area contributed by atoms with Gasteiger partial charge in [0, 0.05) is 22.6 Å². The Morgan fingerprint density at radius 3 is 2.34 bits per heavy atom. The molecule has 4 N–H and O–H groups in total. The second-order valence-electron chi connectivity index (χ2n) is 7.76. The Bertz CT molecular complexity index is 1330. The predicted octanol–water partition coefficient (Wildman–Crippen LogP) is 6.16. The van der Waals surface area contributed by atoms with E-state index < -0.39 is 0 Å². The fourth-order valence-electron chi connectivity index (χ4n) is 3.42. The van der Waals surface area contributed by atoms with Crippen molar-refractivity contribution in [2.24, 2.45) is 0 Å². The molecule has 4 aromatic rings. The highest BCUT2D eigenvalue weighted by Crippen LogP contribution is 2.23. The molecule has 0 aliphatic heterocycles. The van der Waals surface area contributed by atoms with Crippen LogP contribution in [0, 0.1) is 0 Å². The molecule has 0 aliphatic rings. The first-order chi connectivity index (χ1) is 17.0. The molecule has 0 bridgehead atoms. The quantitative estimate of drug-likeness (QED) is 0.154. The average molecular weight is 500 g/mol. The first-order valence-electron chi connectivity index (χ1n) is 10.9. The molecule has 0 fully saturated rings. The van der Waals surface area contributed by atoms with E-state index in [1.54, 1.807) is 47.4 Å². The van der Waals surface area contributed by atoms with E-state index >= 15 is 0 Å². The molecule has 3 aromatic carbocycles. The van der Waals surface area contributed by atoms with Gasteiger partial charge in [0.05, 0.1) is 11.4 Å². The largest absolute Gasteiger partial charge is 0.397 e. The van der Waals surface area contributed by atoms with Gasteiger partial charge in [-0.3, -0.25) is 9.59 Å². The van der Waals surface area contributed by atoms with Crippen LogP contribution in [0.2, 0.25) is 0 Å². The summed E-state index contributed by atoms with van der Waals surface area (Å²) in [5.41, 5.74) is 10.8. The molecular formula is C28H25N3O2S2. The second kappa shape index (κ2) is 11.6. The number of hydrogen-bond donors (Lipinski definition) is 3. The summed E-state index contributed by atoms with van der Waals surface area (Å²) in [6.45, 7) is 0.346. The molecule has 0 unspecified atom stereocenters. The third-order valence-electron chi connectivity index (χ3n) is 5.38. The standard InChI is InChI=1S/C28H25N3O2S2/c1-34-23-12-8-19(9-13-23)16-24(22-14-15-35-18-22)28(33)30-17-20-6-10-21(11-7-20)27(32)31-26-5-3-2-4-25(26)29/h2-16,18H,17,29H2,1H3,(H,30,33)(H,31,32). The highest BCUT2D eigenvalue weighted by molar-refractivity contribution is 7.98. The number of anilines is 2. The normalized spacial score (nSPS) is 11.2. The van der Waals surface area contributed by atoms with Crippen molar-refractivity contribution in [3.63, 3.8) is 0 Å². The van der Waals surface area contributed by atoms with Crippen LogP contribution in [0.25, 0.3) is 11.6 Å². The fraction of sp³-hybridized carbons (Fsp3) is 0.0714. The first-order valence-corrected chi connectivity index (χ1v) is 13.1. The van der Waals surface area contributed by atoms with Crippen molar-refractivity contribution < 1.29 is 9.59 Å². The van der Waals surface area contributed by atoms with E-state index in [9.17, 15) is 9.59 Å². The molecule has 2 amide bonds. The van der Waals surface area contributed by atoms with Gasteiger partial charge in [0.2, 0.25) is 0 Å². The summed E-state index contributed by atoms with van der Waals surface area (Å²) in [6, 6.07) is 24.3. The van der Waals surface area contributed by atoms with Gasteiger partial charge in [-0.2, -0.15) is 11.3 Å². The maximum Gasteiger partial charge on any atom is 0.255 e. The number of hydrogen-bond acceptors (Lipinski definition) is 5. The number of rotatable bonds is 8. The lowest BCUT2D eigenvalue weighted by Gasteiger charge is -2.10. The van der Waals surface area contributed by atoms with E-state index in [-0.39, 0.29) is 11.8 Å². The van der Waals surface area contributed by atoms with Crippen LogP contribution >= 0.6 is 23.1 Å². The van der Waals surface area contributed by atoms with Crippen molar-refractivity contribution >= 4 is 57.9 Å². The van der Waals surface area contributed by atoms with E-state index in [2.05, 4.69) is 10.6 Å². The number of thiophene rings is 1. The number of nitrogens with two attached hydrogens (primary N) is 1. The van der Waals surface area contributed by atoms with Crippen molar-refractivity contribution in [3.05, 3.63) is 112 Å². The number of thioether (sulfide) groups is 1. The third-order valence-corrected chi connectivity index (χ3v) is 6.81. The summed E-state index contributed by atoms with van der Waals surface area (Å²) < 4.78 is 0. The summed E-state index contributed by atoms with van der Waals surface area (Å²) in [4.78, 5) is 26.8. The maximum absolute atomic E-state index is 13.1. The summed E-state index contributed by atoms with van der Waals surface area (Å²) in [6.07, 6.45) is 3.94. The number of nitrogens with one attached hydrogen (secondary N) is 2. The van der Waals surface area contributed by atoms with E-state index in [4.69, 9.17) is 5.73 Å². The van der Waals surface area contributed by atoms with Gasteiger partial charge in [0.25, 0.3) is 11.8 Å². The van der Waals surface area contributed by atoms with Gasteiger partial charge in [0.1, 0.15) is 0 Å². The topological polar surface area (TPSA) is 84.2 Å². The highest BCUT2D eigenvalue weighted by atomic mass is 32.2. The smallest absolute Gasteiger partial charge is 0.255 e. The minimum atomic E-state index is -0.242. The van der Waals surface area contributed by atoms with Crippen LogP contribution in [0.1, 0.15) is 27.0 Å². The van der Waals surface area contributed by atoms with Crippen molar-refractivity contribution in [1.29, 1.82) is 0 Å². The van der Waals surface area contributed by atoms with Gasteiger partial charge in [-0.25, -0.2) is 0 Å². The Kier molecular flexibility index (Phi) is 8.03. The Balaban J connectivity index is 1.42. The van der Waals surface area contributed by atoms with Gasteiger partial charge in [0.15, 0.2) is 0 Å². The van der Waals surface area contributed by atoms with E-state index in [0.29, 0.717) is 29.1 Å². The molecule has 0 aliphatic carbocycles. The zero-order valence-corrected chi connectivity index (χ0v) is 20.8. The van der Waals surface area contributed by atoms with Crippen LogP contribution in [0.15, 0.2) is 94.5 Å². The van der Waals surface area contributed by atoms with E-state index in [1.807, 2.05) is 77.7 Å². The summed E-state index contributed by atoms with van der Waals surface area (Å²) in [7, 11) is 0. The van der Waals surface area contributed by atoms with Gasteiger partial charge < -0.3 is 16.4 Å². The number of benzene rings is 3. The molecule has 4 rings (SSSR count). The van der Waals surface area contributed by atoms with Gasteiger partial charge in [-0.1, -0.05) is 36.4 Å². The van der Waals surface area contributed by atoms with Crippen LogP contribution in [0.5, 0.6) is 0 Å². The SMILES string of the molecule is CSc1ccc(C=C(C(=O)NCc2ccc(C(=O)Nc3ccccc3N)cc2)c2ccsc2)cc1. The Labute approximate surface area is 213 Å². The molecule has 1 heterocycles. The number of amides is 2. The lowest BCUT2D eigenvalue weighted by atomic mass is 10.0. The molecule has 0 radical (unpaired) electrons. The monoisotopic (exact) mass is 499 g/mol. The maximum atomic E-state index is 13.1. The zero-order chi connectivity index (χ0) is 24.6. The minimum Gasteiger partial charge on any atom is -0.397 e. The predicted molar refractivity (Wildman–Crippen MR) is 148 cm³/mol. The zero-order valence-electron chi connectivity index (χ0n) is 19.2. The molecule has 0 saturated heterocycles.